The molecule has 2 aromatic rings. The highest BCUT2D eigenvalue weighted by molar-refractivity contribution is 5.97. The molecule has 6 heteroatoms. The van der Waals surface area contributed by atoms with Crippen molar-refractivity contribution in [1.82, 2.24) is 4.98 Å². The predicted octanol–water partition coefficient (Wildman–Crippen LogP) is 2.14. The first kappa shape index (κ1) is 13.7. The van der Waals surface area contributed by atoms with Crippen molar-refractivity contribution in [2.24, 2.45) is 0 Å². The monoisotopic (exact) mass is 273 g/mol. The van der Waals surface area contributed by atoms with Gasteiger partial charge in [-0.1, -0.05) is 12.1 Å². The lowest BCUT2D eigenvalue weighted by Gasteiger charge is -2.22. The molecular formula is C14H15N3O3. The molecule has 3 N–H and O–H groups in total. The first-order valence-electron chi connectivity index (χ1n) is 5.90. The summed E-state index contributed by atoms with van der Waals surface area (Å²) in [5.74, 6) is -0.0640. The number of para-hydroxylation sites is 2. The van der Waals surface area contributed by atoms with Crippen LogP contribution in [0, 0.1) is 0 Å². The van der Waals surface area contributed by atoms with Crippen molar-refractivity contribution in [2.45, 2.75) is 0 Å². The van der Waals surface area contributed by atoms with Crippen molar-refractivity contribution in [3.8, 4) is 5.75 Å². The highest BCUT2D eigenvalue weighted by atomic mass is 16.5. The van der Waals surface area contributed by atoms with Crippen LogP contribution in [0.1, 0.15) is 10.4 Å². The Bertz CT molecular complexity index is 643. The number of carbonyl (C=O) groups is 1. The molecule has 0 saturated heterocycles. The predicted molar refractivity (Wildman–Crippen MR) is 76.7 cm³/mol. The second-order valence-corrected chi connectivity index (χ2v) is 4.13. The fourth-order valence-corrected chi connectivity index (χ4v) is 1.94. The summed E-state index contributed by atoms with van der Waals surface area (Å²) < 4.78 is 5.28. The van der Waals surface area contributed by atoms with E-state index in [4.69, 9.17) is 15.6 Å². The van der Waals surface area contributed by atoms with E-state index in [1.807, 2.05) is 24.3 Å². The molecule has 0 fully saturated rings. The second-order valence-electron chi connectivity index (χ2n) is 4.13. The number of aromatic carboxylic acids is 1. The van der Waals surface area contributed by atoms with E-state index in [1.165, 1.54) is 12.3 Å². The Morgan fingerprint density at radius 1 is 1.35 bits per heavy atom. The fourth-order valence-electron chi connectivity index (χ4n) is 1.94. The number of nitrogens with two attached hydrogens (primary N) is 1. The molecule has 0 aliphatic rings. The molecule has 0 unspecified atom stereocenters. The van der Waals surface area contributed by atoms with Crippen LogP contribution in [0.3, 0.4) is 0 Å². The van der Waals surface area contributed by atoms with Gasteiger partial charge in [0, 0.05) is 13.2 Å². The van der Waals surface area contributed by atoms with E-state index in [1.54, 1.807) is 19.1 Å². The average Bonchev–Trinajstić information content (AvgIpc) is 2.46. The molecule has 0 aliphatic heterocycles. The molecule has 20 heavy (non-hydrogen) atoms. The summed E-state index contributed by atoms with van der Waals surface area (Å²) in [6.45, 7) is 0. The summed E-state index contributed by atoms with van der Waals surface area (Å²) in [6.07, 6.45) is 1.42. The highest BCUT2D eigenvalue weighted by Crippen LogP contribution is 2.34. The minimum absolute atomic E-state index is 0.0248. The van der Waals surface area contributed by atoms with Crippen LogP contribution in [0.25, 0.3) is 0 Å². The second kappa shape index (κ2) is 5.48. The number of carboxylic acids is 1. The van der Waals surface area contributed by atoms with Gasteiger partial charge in [-0.05, 0) is 18.2 Å². The minimum atomic E-state index is -1.08. The third-order valence-corrected chi connectivity index (χ3v) is 2.96. The number of carboxylic acid groups (broad SMARTS) is 1. The van der Waals surface area contributed by atoms with Crippen LogP contribution >= 0.6 is 0 Å². The first-order valence-corrected chi connectivity index (χ1v) is 5.90. The van der Waals surface area contributed by atoms with Gasteiger partial charge < -0.3 is 20.5 Å². The van der Waals surface area contributed by atoms with Gasteiger partial charge in [0.05, 0.1) is 24.0 Å². The molecule has 0 saturated carbocycles. The zero-order valence-corrected chi connectivity index (χ0v) is 11.2. The number of nitrogens with zero attached hydrogens (tertiary/aromatic N) is 2. The molecule has 0 aliphatic carbocycles. The van der Waals surface area contributed by atoms with E-state index in [2.05, 4.69) is 4.98 Å². The van der Waals surface area contributed by atoms with E-state index >= 15 is 0 Å². The van der Waals surface area contributed by atoms with E-state index in [-0.39, 0.29) is 11.3 Å². The molecule has 0 atom stereocenters. The molecule has 6 nitrogen and oxygen atoms in total. The Hall–Kier alpha value is -2.76. The third kappa shape index (κ3) is 2.35. The van der Waals surface area contributed by atoms with Gasteiger partial charge in [-0.2, -0.15) is 0 Å². The van der Waals surface area contributed by atoms with Gasteiger partial charge in [-0.3, -0.25) is 0 Å². The standard InChI is InChI=1S/C14H15N3O3/c1-17(10-5-3-4-6-11(10)20-2)13-12(15)9(14(18)19)7-8-16-13/h3-8H,15H2,1-2H3,(H,18,19). The largest absolute Gasteiger partial charge is 0.495 e. The number of hydrogen-bond donors (Lipinski definition) is 2. The molecule has 0 radical (unpaired) electrons. The van der Waals surface area contributed by atoms with Crippen molar-refractivity contribution in [3.05, 3.63) is 42.1 Å². The molecule has 0 bridgehead atoms. The summed E-state index contributed by atoms with van der Waals surface area (Å²) in [5, 5.41) is 9.09. The van der Waals surface area contributed by atoms with Crippen molar-refractivity contribution in [3.63, 3.8) is 0 Å². The smallest absolute Gasteiger partial charge is 0.337 e. The number of anilines is 3. The number of benzene rings is 1. The molecule has 2 rings (SSSR count). The van der Waals surface area contributed by atoms with Crippen LogP contribution in [0.15, 0.2) is 36.5 Å². The van der Waals surface area contributed by atoms with Gasteiger partial charge in [0.15, 0.2) is 5.82 Å². The van der Waals surface area contributed by atoms with Crippen molar-refractivity contribution in [2.75, 3.05) is 24.8 Å². The molecular weight excluding hydrogens is 258 g/mol. The number of pyridine rings is 1. The maximum absolute atomic E-state index is 11.1. The number of aromatic nitrogens is 1. The summed E-state index contributed by atoms with van der Waals surface area (Å²) in [7, 11) is 3.32. The number of nitrogen functional groups attached to an aromatic ring is 1. The maximum atomic E-state index is 11.1. The van der Waals surface area contributed by atoms with Gasteiger partial charge in [-0.25, -0.2) is 9.78 Å². The SMILES string of the molecule is COc1ccccc1N(C)c1nccc(C(=O)O)c1N. The lowest BCUT2D eigenvalue weighted by Crippen LogP contribution is -2.16. The van der Waals surface area contributed by atoms with Crippen LogP contribution in [0.2, 0.25) is 0 Å². The number of ether oxygens (including phenoxy) is 1. The first-order chi connectivity index (χ1) is 9.56. The highest BCUT2D eigenvalue weighted by Gasteiger charge is 2.17. The fraction of sp³-hybridized carbons (Fsp3) is 0.143. The van der Waals surface area contributed by atoms with Crippen molar-refractivity contribution in [1.29, 1.82) is 0 Å². The molecule has 1 aromatic heterocycles. The maximum Gasteiger partial charge on any atom is 0.337 e. The Kier molecular flexibility index (Phi) is 3.74. The van der Waals surface area contributed by atoms with Gasteiger partial charge >= 0.3 is 5.97 Å². The molecule has 1 aromatic carbocycles. The zero-order valence-electron chi connectivity index (χ0n) is 11.2. The Morgan fingerprint density at radius 2 is 2.05 bits per heavy atom. The minimum Gasteiger partial charge on any atom is -0.495 e. The third-order valence-electron chi connectivity index (χ3n) is 2.96. The number of rotatable bonds is 4. The topological polar surface area (TPSA) is 88.7 Å². The Balaban J connectivity index is 2.51. The van der Waals surface area contributed by atoms with Gasteiger partial charge in [0.1, 0.15) is 5.75 Å². The van der Waals surface area contributed by atoms with Crippen LogP contribution in [0.4, 0.5) is 17.2 Å². The normalized spacial score (nSPS) is 10.1. The summed E-state index contributed by atoms with van der Waals surface area (Å²) in [6, 6.07) is 8.72. The number of methoxy groups -OCH3 is 1. The Labute approximate surface area is 116 Å². The van der Waals surface area contributed by atoms with Crippen LogP contribution in [-0.4, -0.2) is 30.2 Å². The zero-order chi connectivity index (χ0) is 14.7. The summed E-state index contributed by atoms with van der Waals surface area (Å²) in [4.78, 5) is 17.0. The quantitative estimate of drug-likeness (QED) is 0.887. The van der Waals surface area contributed by atoms with Gasteiger partial charge in [0.2, 0.25) is 0 Å². The van der Waals surface area contributed by atoms with Crippen molar-refractivity contribution < 1.29 is 14.6 Å². The Morgan fingerprint density at radius 3 is 2.70 bits per heavy atom. The molecule has 1 heterocycles. The van der Waals surface area contributed by atoms with Gasteiger partial charge in [0.25, 0.3) is 0 Å². The van der Waals surface area contributed by atoms with E-state index in [9.17, 15) is 4.79 Å². The van der Waals surface area contributed by atoms with Crippen LogP contribution < -0.4 is 15.4 Å². The number of hydrogen-bond acceptors (Lipinski definition) is 5. The van der Waals surface area contributed by atoms with E-state index < -0.39 is 5.97 Å². The van der Waals surface area contributed by atoms with Crippen LogP contribution in [-0.2, 0) is 0 Å². The lowest BCUT2D eigenvalue weighted by molar-refractivity contribution is 0.0698. The molecule has 0 amide bonds. The lowest BCUT2D eigenvalue weighted by atomic mass is 10.2. The van der Waals surface area contributed by atoms with Crippen molar-refractivity contribution >= 4 is 23.2 Å². The summed E-state index contributed by atoms with van der Waals surface area (Å²) >= 11 is 0. The summed E-state index contributed by atoms with van der Waals surface area (Å²) in [5.41, 5.74) is 6.78. The molecule has 104 valence electrons. The van der Waals surface area contributed by atoms with Gasteiger partial charge in [-0.15, -0.1) is 0 Å². The van der Waals surface area contributed by atoms with E-state index in [0.29, 0.717) is 11.6 Å². The average molecular weight is 273 g/mol. The van der Waals surface area contributed by atoms with Crippen LogP contribution in [0.5, 0.6) is 5.75 Å². The van der Waals surface area contributed by atoms with E-state index in [0.717, 1.165) is 5.69 Å². The molecule has 0 spiro atoms.